The van der Waals surface area contributed by atoms with E-state index >= 15 is 0 Å². The van der Waals surface area contributed by atoms with Gasteiger partial charge in [0, 0.05) is 6.92 Å². The average Bonchev–Trinajstić information content (AvgIpc) is 1.99. The van der Waals surface area contributed by atoms with Crippen LogP contribution in [0.15, 0.2) is 0 Å². The van der Waals surface area contributed by atoms with Crippen LogP contribution in [0.5, 0.6) is 0 Å². The molecule has 0 aromatic rings. The maximum Gasteiger partial charge on any atom is 0.416 e. The maximum absolute atomic E-state index is 12.8. The van der Waals surface area contributed by atoms with E-state index in [9.17, 15) is 17.6 Å². The van der Waals surface area contributed by atoms with E-state index in [1.54, 1.807) is 0 Å². The molecular formula is C6H8F4O2. The lowest BCUT2D eigenvalue weighted by atomic mass is 10.3. The summed E-state index contributed by atoms with van der Waals surface area (Å²) in [5.41, 5.74) is 0. The first-order valence-electron chi connectivity index (χ1n) is 3.25. The molecule has 1 aliphatic rings. The topological polar surface area (TPSA) is 18.5 Å². The van der Waals surface area contributed by atoms with Gasteiger partial charge in [0.2, 0.25) is 5.79 Å². The molecule has 1 aliphatic heterocycles. The average molecular weight is 188 g/mol. The van der Waals surface area contributed by atoms with Gasteiger partial charge in [-0.15, -0.1) is 0 Å². The highest BCUT2D eigenvalue weighted by Crippen LogP contribution is 2.47. The van der Waals surface area contributed by atoms with Crippen molar-refractivity contribution in [1.29, 1.82) is 0 Å². The van der Waals surface area contributed by atoms with Crippen LogP contribution in [0.1, 0.15) is 13.8 Å². The zero-order valence-corrected chi connectivity index (χ0v) is 6.54. The summed E-state index contributed by atoms with van der Waals surface area (Å²) in [5.74, 6) is -5.46. The van der Waals surface area contributed by atoms with Gasteiger partial charge in [-0.2, -0.15) is 8.78 Å². The first-order chi connectivity index (χ1) is 5.22. The normalized spacial score (nSPS) is 46.5. The molecule has 1 saturated heterocycles. The van der Waals surface area contributed by atoms with Crippen LogP contribution in [-0.4, -0.2) is 24.4 Å². The summed E-state index contributed by atoms with van der Waals surface area (Å²) in [6.07, 6.45) is -4.10. The van der Waals surface area contributed by atoms with Crippen molar-refractivity contribution in [3.63, 3.8) is 0 Å². The Morgan fingerprint density at radius 2 is 1.58 bits per heavy atom. The van der Waals surface area contributed by atoms with Crippen molar-refractivity contribution in [2.75, 3.05) is 6.67 Å². The molecule has 0 bridgehead atoms. The highest BCUT2D eigenvalue weighted by molar-refractivity contribution is 4.85. The number of ether oxygens (including phenoxy) is 2. The molecule has 0 aliphatic carbocycles. The molecular weight excluding hydrogens is 180 g/mol. The van der Waals surface area contributed by atoms with Crippen molar-refractivity contribution < 1.29 is 27.0 Å². The van der Waals surface area contributed by atoms with E-state index in [0.29, 0.717) is 6.92 Å². The fraction of sp³-hybridized carbons (Fsp3) is 1.00. The van der Waals surface area contributed by atoms with Crippen LogP contribution in [0.4, 0.5) is 17.6 Å². The zero-order valence-electron chi connectivity index (χ0n) is 6.54. The lowest BCUT2D eigenvalue weighted by molar-refractivity contribution is -0.290. The lowest BCUT2D eigenvalue weighted by Gasteiger charge is -2.17. The quantitative estimate of drug-likeness (QED) is 0.586. The summed E-state index contributed by atoms with van der Waals surface area (Å²) in [6.45, 7) is 0.0712. The van der Waals surface area contributed by atoms with E-state index < -0.39 is 24.4 Å². The number of halogens is 4. The highest BCUT2D eigenvalue weighted by atomic mass is 19.3. The highest BCUT2D eigenvalue weighted by Gasteiger charge is 2.66. The van der Waals surface area contributed by atoms with Crippen LogP contribution < -0.4 is 0 Å². The molecule has 0 N–H and O–H groups in total. The van der Waals surface area contributed by atoms with Gasteiger partial charge in [0.15, 0.2) is 0 Å². The van der Waals surface area contributed by atoms with Crippen LogP contribution >= 0.6 is 0 Å². The van der Waals surface area contributed by atoms with Crippen LogP contribution in [0.25, 0.3) is 0 Å². The van der Waals surface area contributed by atoms with E-state index in [1.807, 2.05) is 0 Å². The van der Waals surface area contributed by atoms with Gasteiger partial charge in [0.05, 0.1) is 0 Å². The molecule has 2 unspecified atom stereocenters. The third kappa shape index (κ3) is 1.29. The van der Waals surface area contributed by atoms with Gasteiger partial charge in [-0.25, -0.2) is 8.78 Å². The van der Waals surface area contributed by atoms with Crippen molar-refractivity contribution in [3.8, 4) is 0 Å². The van der Waals surface area contributed by atoms with Crippen molar-refractivity contribution in [2.45, 2.75) is 31.6 Å². The largest absolute Gasteiger partial charge is 0.416 e. The molecule has 0 spiro atoms. The molecule has 0 radical (unpaired) electrons. The monoisotopic (exact) mass is 188 g/mol. The standard InChI is InChI=1S/C6H8F4O2/c1-4(3-7)11-5(2,8)6(9,10)12-4/h3H2,1-2H3. The zero-order chi connectivity index (χ0) is 9.62. The number of hydrogen-bond donors (Lipinski definition) is 0. The smallest absolute Gasteiger partial charge is 0.304 e. The van der Waals surface area contributed by atoms with E-state index in [2.05, 4.69) is 9.47 Å². The Morgan fingerprint density at radius 1 is 1.08 bits per heavy atom. The second-order valence-corrected chi connectivity index (χ2v) is 2.91. The molecule has 0 aromatic carbocycles. The van der Waals surface area contributed by atoms with Crippen LogP contribution in [0.3, 0.4) is 0 Å². The molecule has 1 fully saturated rings. The van der Waals surface area contributed by atoms with Crippen LogP contribution in [-0.2, 0) is 9.47 Å². The Bertz CT molecular complexity index is 176. The molecule has 6 heteroatoms. The van der Waals surface area contributed by atoms with E-state index in [1.165, 1.54) is 0 Å². The fourth-order valence-corrected chi connectivity index (χ4v) is 0.903. The van der Waals surface area contributed by atoms with E-state index in [-0.39, 0.29) is 0 Å². The number of rotatable bonds is 1. The molecule has 72 valence electrons. The minimum absolute atomic E-state index is 0.494. The molecule has 1 rings (SSSR count). The van der Waals surface area contributed by atoms with Crippen LogP contribution in [0.2, 0.25) is 0 Å². The molecule has 0 saturated carbocycles. The van der Waals surface area contributed by atoms with Crippen molar-refractivity contribution in [2.24, 2.45) is 0 Å². The van der Waals surface area contributed by atoms with Crippen molar-refractivity contribution in [1.82, 2.24) is 0 Å². The van der Waals surface area contributed by atoms with Gasteiger partial charge in [-0.3, -0.25) is 4.74 Å². The lowest BCUT2D eigenvalue weighted by Crippen LogP contribution is -2.37. The Morgan fingerprint density at radius 3 is 1.75 bits per heavy atom. The second-order valence-electron chi connectivity index (χ2n) is 2.91. The second kappa shape index (κ2) is 2.32. The SMILES string of the molecule is CC1(CF)OC(C)(F)C(F)(F)O1. The minimum Gasteiger partial charge on any atom is -0.304 e. The summed E-state index contributed by atoms with van der Waals surface area (Å²) >= 11 is 0. The molecule has 1 heterocycles. The van der Waals surface area contributed by atoms with Gasteiger partial charge in [0.25, 0.3) is 0 Å². The predicted octanol–water partition coefficient (Wildman–Crippen LogP) is 2.00. The van der Waals surface area contributed by atoms with Gasteiger partial charge in [-0.1, -0.05) is 0 Å². The molecule has 2 nitrogen and oxygen atoms in total. The first-order valence-corrected chi connectivity index (χ1v) is 3.25. The van der Waals surface area contributed by atoms with Crippen molar-refractivity contribution >= 4 is 0 Å². The van der Waals surface area contributed by atoms with E-state index in [0.717, 1.165) is 6.92 Å². The molecule has 0 aromatic heterocycles. The third-order valence-corrected chi connectivity index (χ3v) is 1.51. The number of hydrogen-bond acceptors (Lipinski definition) is 2. The predicted molar refractivity (Wildman–Crippen MR) is 31.0 cm³/mol. The summed E-state index contributed by atoms with van der Waals surface area (Å²) in [6, 6.07) is 0. The Hall–Kier alpha value is -0.360. The summed E-state index contributed by atoms with van der Waals surface area (Å²) in [5, 5.41) is 0. The third-order valence-electron chi connectivity index (χ3n) is 1.51. The Labute approximate surface area is 66.4 Å². The van der Waals surface area contributed by atoms with Gasteiger partial charge >= 0.3 is 12.0 Å². The molecule has 0 amide bonds. The fourth-order valence-electron chi connectivity index (χ4n) is 0.903. The molecule has 12 heavy (non-hydrogen) atoms. The summed E-state index contributed by atoms with van der Waals surface area (Å²) < 4.78 is 57.7. The van der Waals surface area contributed by atoms with Crippen molar-refractivity contribution in [3.05, 3.63) is 0 Å². The minimum atomic E-state index is -4.10. The first kappa shape index (κ1) is 9.73. The molecule has 2 atom stereocenters. The van der Waals surface area contributed by atoms with Gasteiger partial charge < -0.3 is 4.74 Å². The Kier molecular flexibility index (Phi) is 1.88. The summed E-state index contributed by atoms with van der Waals surface area (Å²) in [4.78, 5) is 0. The van der Waals surface area contributed by atoms with Gasteiger partial charge in [-0.05, 0) is 6.92 Å². The van der Waals surface area contributed by atoms with Crippen LogP contribution in [0, 0.1) is 0 Å². The summed E-state index contributed by atoms with van der Waals surface area (Å²) in [7, 11) is 0. The van der Waals surface area contributed by atoms with Gasteiger partial charge in [0.1, 0.15) is 6.67 Å². The number of alkyl halides is 4. The Balaban J connectivity index is 2.88. The maximum atomic E-state index is 12.8. The van der Waals surface area contributed by atoms with E-state index in [4.69, 9.17) is 0 Å².